The fraction of sp³-hybridized carbons (Fsp3) is 0.355. The maximum Gasteiger partial charge on any atom is 0.338 e. The minimum atomic E-state index is -0.691. The third-order valence-corrected chi connectivity index (χ3v) is 7.72. The molecule has 1 fully saturated rings. The Balaban J connectivity index is 1.28. The van der Waals surface area contributed by atoms with Gasteiger partial charge in [0, 0.05) is 19.7 Å². The van der Waals surface area contributed by atoms with Crippen molar-refractivity contribution >= 4 is 11.9 Å². The van der Waals surface area contributed by atoms with Crippen LogP contribution in [0.25, 0.3) is 11.1 Å². The molecule has 2 N–H and O–H groups in total. The van der Waals surface area contributed by atoms with Crippen molar-refractivity contribution in [3.05, 3.63) is 94.8 Å². The standard InChI is InChI=1S/C31H33FN2O4/c1-37-19-26-3-2-16-34(26)18-20-4-14-27-24(17-20)11-15-28(29(27)30(33)35)38-31(36)23-7-5-21(6-8-23)22-9-12-25(32)13-10-22/h4-10,12-14,17,26,28-29H,2-3,11,15-16,18-19H2,1H3,(H2,33,35). The normalized spacial score (nSPS) is 21.2. The van der Waals surface area contributed by atoms with Gasteiger partial charge in [0.15, 0.2) is 0 Å². The summed E-state index contributed by atoms with van der Waals surface area (Å²) in [5, 5.41) is 0. The lowest BCUT2D eigenvalue weighted by Gasteiger charge is -2.32. The zero-order valence-corrected chi connectivity index (χ0v) is 21.6. The number of primary amides is 1. The highest BCUT2D eigenvalue weighted by atomic mass is 19.1. The number of benzene rings is 3. The van der Waals surface area contributed by atoms with E-state index in [0.717, 1.165) is 48.4 Å². The van der Waals surface area contributed by atoms with Crippen LogP contribution in [0.4, 0.5) is 4.39 Å². The average molecular weight is 517 g/mol. The first-order valence-corrected chi connectivity index (χ1v) is 13.1. The van der Waals surface area contributed by atoms with Gasteiger partial charge in [-0.2, -0.15) is 0 Å². The first kappa shape index (κ1) is 26.1. The third kappa shape index (κ3) is 5.64. The number of esters is 1. The van der Waals surface area contributed by atoms with Crippen molar-refractivity contribution in [2.75, 3.05) is 20.3 Å². The van der Waals surface area contributed by atoms with E-state index < -0.39 is 23.9 Å². The van der Waals surface area contributed by atoms with Crippen LogP contribution in [0.15, 0.2) is 66.7 Å². The van der Waals surface area contributed by atoms with Crippen LogP contribution in [0.1, 0.15) is 52.2 Å². The van der Waals surface area contributed by atoms with Gasteiger partial charge in [-0.05, 0) is 84.3 Å². The van der Waals surface area contributed by atoms with Gasteiger partial charge in [0.1, 0.15) is 11.9 Å². The predicted octanol–water partition coefficient (Wildman–Crippen LogP) is 4.84. The molecule has 3 aromatic rings. The fourth-order valence-electron chi connectivity index (χ4n) is 5.77. The lowest BCUT2D eigenvalue weighted by molar-refractivity contribution is -0.122. The summed E-state index contributed by atoms with van der Waals surface area (Å²) in [6.07, 6.45) is 2.92. The van der Waals surface area contributed by atoms with Gasteiger partial charge in [-0.1, -0.05) is 42.5 Å². The molecule has 1 heterocycles. The summed E-state index contributed by atoms with van der Waals surface area (Å²) in [6.45, 7) is 2.63. The summed E-state index contributed by atoms with van der Waals surface area (Å²) in [5.74, 6) is -1.98. The topological polar surface area (TPSA) is 81.9 Å². The Morgan fingerprint density at radius 2 is 1.71 bits per heavy atom. The molecule has 7 heteroatoms. The Labute approximate surface area is 222 Å². The number of amides is 1. The van der Waals surface area contributed by atoms with E-state index in [-0.39, 0.29) is 5.82 Å². The van der Waals surface area contributed by atoms with Crippen LogP contribution in [0.2, 0.25) is 0 Å². The van der Waals surface area contributed by atoms with E-state index in [0.29, 0.717) is 24.4 Å². The van der Waals surface area contributed by atoms with Crippen LogP contribution < -0.4 is 5.73 Å². The summed E-state index contributed by atoms with van der Waals surface area (Å²) in [4.78, 5) is 28.0. The molecular formula is C31H33FN2O4. The number of methoxy groups -OCH3 is 1. The number of carbonyl (C=O) groups excluding carboxylic acids is 2. The molecule has 0 spiro atoms. The maximum absolute atomic E-state index is 13.2. The second-order valence-electron chi connectivity index (χ2n) is 10.2. The molecule has 0 saturated carbocycles. The quantitative estimate of drug-likeness (QED) is 0.433. The highest BCUT2D eigenvalue weighted by Crippen LogP contribution is 2.35. The zero-order chi connectivity index (χ0) is 26.6. The van der Waals surface area contributed by atoms with E-state index >= 15 is 0 Å². The minimum Gasteiger partial charge on any atom is -0.458 e. The minimum absolute atomic E-state index is 0.300. The molecule has 1 aliphatic carbocycles. The third-order valence-electron chi connectivity index (χ3n) is 7.72. The molecule has 38 heavy (non-hydrogen) atoms. The Morgan fingerprint density at radius 3 is 2.39 bits per heavy atom. The van der Waals surface area contributed by atoms with Gasteiger partial charge in [0.2, 0.25) is 5.91 Å². The Bertz CT molecular complexity index is 1290. The van der Waals surface area contributed by atoms with Crippen molar-refractivity contribution in [1.29, 1.82) is 0 Å². The number of halogens is 1. The van der Waals surface area contributed by atoms with Crippen LogP contribution in [0.5, 0.6) is 0 Å². The molecule has 3 aromatic carbocycles. The summed E-state index contributed by atoms with van der Waals surface area (Å²) in [7, 11) is 1.74. The van der Waals surface area contributed by atoms with Gasteiger partial charge >= 0.3 is 5.97 Å². The average Bonchev–Trinajstić information content (AvgIpc) is 3.35. The van der Waals surface area contributed by atoms with E-state index in [1.165, 1.54) is 24.1 Å². The largest absolute Gasteiger partial charge is 0.458 e. The molecule has 0 bridgehead atoms. The van der Waals surface area contributed by atoms with Gasteiger partial charge in [-0.25, -0.2) is 9.18 Å². The number of nitrogens with zero attached hydrogens (tertiary/aromatic N) is 1. The lowest BCUT2D eigenvalue weighted by Crippen LogP contribution is -2.38. The van der Waals surface area contributed by atoms with E-state index in [4.69, 9.17) is 15.2 Å². The number of fused-ring (bicyclic) bond motifs is 1. The maximum atomic E-state index is 13.2. The molecule has 1 saturated heterocycles. The smallest absolute Gasteiger partial charge is 0.338 e. The molecule has 3 atom stereocenters. The molecule has 1 aliphatic heterocycles. The Kier molecular flexibility index (Phi) is 7.86. The molecular weight excluding hydrogens is 483 g/mol. The predicted molar refractivity (Wildman–Crippen MR) is 143 cm³/mol. The second-order valence-corrected chi connectivity index (χ2v) is 10.2. The van der Waals surface area contributed by atoms with Crippen molar-refractivity contribution in [1.82, 2.24) is 4.90 Å². The molecule has 0 aromatic heterocycles. The van der Waals surface area contributed by atoms with E-state index in [1.54, 1.807) is 43.5 Å². The fourth-order valence-corrected chi connectivity index (χ4v) is 5.77. The van der Waals surface area contributed by atoms with E-state index in [1.807, 2.05) is 6.07 Å². The SMILES string of the molecule is COCC1CCCN1Cc1ccc2c(c1)CCC(OC(=O)c1ccc(-c3ccc(F)cc3)cc1)C2C(N)=O. The van der Waals surface area contributed by atoms with Crippen molar-refractivity contribution < 1.29 is 23.5 Å². The number of ether oxygens (including phenoxy) is 2. The second kappa shape index (κ2) is 11.5. The lowest BCUT2D eigenvalue weighted by atomic mass is 9.79. The van der Waals surface area contributed by atoms with Gasteiger partial charge < -0.3 is 15.2 Å². The molecule has 3 unspecified atom stereocenters. The van der Waals surface area contributed by atoms with Crippen molar-refractivity contribution in [2.45, 2.75) is 50.3 Å². The molecule has 1 amide bonds. The highest BCUT2D eigenvalue weighted by molar-refractivity contribution is 5.91. The monoisotopic (exact) mass is 516 g/mol. The summed E-state index contributed by atoms with van der Waals surface area (Å²) in [5.41, 5.74) is 11.0. The van der Waals surface area contributed by atoms with Crippen LogP contribution in [0.3, 0.4) is 0 Å². The summed E-state index contributed by atoms with van der Waals surface area (Å²) < 4.78 is 24.4. The van der Waals surface area contributed by atoms with E-state index in [9.17, 15) is 14.0 Å². The van der Waals surface area contributed by atoms with Crippen LogP contribution in [-0.4, -0.2) is 49.2 Å². The van der Waals surface area contributed by atoms with Crippen LogP contribution in [-0.2, 0) is 27.2 Å². The van der Waals surface area contributed by atoms with Crippen molar-refractivity contribution in [2.24, 2.45) is 5.73 Å². The molecule has 198 valence electrons. The van der Waals surface area contributed by atoms with Crippen molar-refractivity contribution in [3.8, 4) is 11.1 Å². The zero-order valence-electron chi connectivity index (χ0n) is 21.6. The number of hydrogen-bond donors (Lipinski definition) is 1. The number of aryl methyl sites for hydroxylation is 1. The number of nitrogens with two attached hydrogens (primary N) is 1. The number of likely N-dealkylation sites (tertiary alicyclic amines) is 1. The molecule has 5 rings (SSSR count). The number of rotatable bonds is 8. The van der Waals surface area contributed by atoms with Gasteiger partial charge in [-0.3, -0.25) is 9.69 Å². The van der Waals surface area contributed by atoms with Gasteiger partial charge in [-0.15, -0.1) is 0 Å². The van der Waals surface area contributed by atoms with Crippen LogP contribution in [0, 0.1) is 5.82 Å². The molecule has 2 aliphatic rings. The van der Waals surface area contributed by atoms with Gasteiger partial charge in [0.05, 0.1) is 18.1 Å². The Hall–Kier alpha value is -3.55. The first-order chi connectivity index (χ1) is 18.4. The van der Waals surface area contributed by atoms with Gasteiger partial charge in [0.25, 0.3) is 0 Å². The van der Waals surface area contributed by atoms with E-state index in [2.05, 4.69) is 17.0 Å². The highest BCUT2D eigenvalue weighted by Gasteiger charge is 2.37. The summed E-state index contributed by atoms with van der Waals surface area (Å²) >= 11 is 0. The Morgan fingerprint density at radius 1 is 1.00 bits per heavy atom. The first-order valence-electron chi connectivity index (χ1n) is 13.1. The van der Waals surface area contributed by atoms with Crippen molar-refractivity contribution in [3.63, 3.8) is 0 Å². The molecule has 6 nitrogen and oxygen atoms in total. The van der Waals surface area contributed by atoms with Crippen LogP contribution >= 0.6 is 0 Å². The summed E-state index contributed by atoms with van der Waals surface area (Å²) in [6, 6.07) is 19.7. The number of hydrogen-bond acceptors (Lipinski definition) is 5. The number of carbonyl (C=O) groups is 2. The molecule has 0 radical (unpaired) electrons.